The van der Waals surface area contributed by atoms with Crippen molar-refractivity contribution in [3.05, 3.63) is 29.8 Å². The number of aliphatic hydroxyl groups is 1. The zero-order chi connectivity index (χ0) is 17.6. The minimum Gasteiger partial charge on any atom is -0.494 e. The third kappa shape index (κ3) is 4.51. The van der Waals surface area contributed by atoms with Gasteiger partial charge in [0.2, 0.25) is 0 Å². The Labute approximate surface area is 149 Å². The zero-order valence-electron chi connectivity index (χ0n) is 14.8. The van der Waals surface area contributed by atoms with Crippen LogP contribution in [0.5, 0.6) is 5.75 Å². The monoisotopic (exact) mass is 348 g/mol. The maximum Gasteiger partial charge on any atom is 0.251 e. The van der Waals surface area contributed by atoms with Gasteiger partial charge < -0.3 is 19.9 Å². The first-order chi connectivity index (χ1) is 12.2. The molecule has 0 bridgehead atoms. The number of benzene rings is 1. The summed E-state index contributed by atoms with van der Waals surface area (Å²) in [5.41, 5.74) is 0.615. The Kier molecular flexibility index (Phi) is 6.29. The van der Waals surface area contributed by atoms with Crippen molar-refractivity contribution < 1.29 is 19.4 Å². The Morgan fingerprint density at radius 3 is 2.64 bits per heavy atom. The summed E-state index contributed by atoms with van der Waals surface area (Å²) in [5, 5.41) is 12.8. The molecule has 1 amide bonds. The normalized spacial score (nSPS) is 25.0. The van der Waals surface area contributed by atoms with E-state index in [1.165, 1.54) is 0 Å². The van der Waals surface area contributed by atoms with Crippen LogP contribution < -0.4 is 10.1 Å². The highest BCUT2D eigenvalue weighted by molar-refractivity contribution is 5.94. The number of likely N-dealkylation sites (tertiary alicyclic amines) is 1. The van der Waals surface area contributed by atoms with Crippen LogP contribution in [0.25, 0.3) is 0 Å². The van der Waals surface area contributed by atoms with E-state index in [0.717, 1.165) is 44.9 Å². The van der Waals surface area contributed by atoms with Crippen LogP contribution in [0.4, 0.5) is 0 Å². The van der Waals surface area contributed by atoms with Gasteiger partial charge in [0.1, 0.15) is 5.75 Å². The molecule has 0 saturated carbocycles. The van der Waals surface area contributed by atoms with Crippen LogP contribution in [0.15, 0.2) is 24.3 Å². The number of hydrogen-bond acceptors (Lipinski definition) is 5. The van der Waals surface area contributed by atoms with E-state index in [2.05, 4.69) is 10.2 Å². The third-order valence-corrected chi connectivity index (χ3v) is 5.15. The largest absolute Gasteiger partial charge is 0.494 e. The predicted octanol–water partition coefficient (Wildman–Crippen LogP) is 1.29. The molecule has 2 N–H and O–H groups in total. The molecule has 138 valence electrons. The summed E-state index contributed by atoms with van der Waals surface area (Å²) in [6.45, 7) is 5.85. The lowest BCUT2D eigenvalue weighted by atomic mass is 10.0. The average Bonchev–Trinajstić information content (AvgIpc) is 3.06. The van der Waals surface area contributed by atoms with E-state index >= 15 is 0 Å². The van der Waals surface area contributed by atoms with E-state index in [4.69, 9.17) is 9.47 Å². The van der Waals surface area contributed by atoms with Crippen LogP contribution in [0.3, 0.4) is 0 Å². The first kappa shape index (κ1) is 18.2. The fourth-order valence-electron chi connectivity index (χ4n) is 3.72. The fourth-order valence-corrected chi connectivity index (χ4v) is 3.72. The Bertz CT molecular complexity index is 557. The number of rotatable bonds is 6. The highest BCUT2D eigenvalue weighted by Gasteiger charge is 2.37. The van der Waals surface area contributed by atoms with E-state index in [1.54, 1.807) is 12.1 Å². The number of carbonyl (C=O) groups is 1. The van der Waals surface area contributed by atoms with Crippen LogP contribution >= 0.6 is 0 Å². The summed E-state index contributed by atoms with van der Waals surface area (Å²) in [5.74, 6) is 0.744. The van der Waals surface area contributed by atoms with Crippen molar-refractivity contribution in [1.29, 1.82) is 0 Å². The van der Waals surface area contributed by atoms with Crippen LogP contribution in [0.2, 0.25) is 0 Å². The topological polar surface area (TPSA) is 71.0 Å². The summed E-state index contributed by atoms with van der Waals surface area (Å²) >= 11 is 0. The molecule has 0 aliphatic carbocycles. The molecule has 0 spiro atoms. The van der Waals surface area contributed by atoms with Gasteiger partial charge in [-0.05, 0) is 44.0 Å². The van der Waals surface area contributed by atoms with E-state index in [0.29, 0.717) is 18.2 Å². The minimum absolute atomic E-state index is 0.0214. The highest BCUT2D eigenvalue weighted by Crippen LogP contribution is 2.24. The molecule has 1 aromatic rings. The van der Waals surface area contributed by atoms with Gasteiger partial charge in [-0.1, -0.05) is 0 Å². The highest BCUT2D eigenvalue weighted by atomic mass is 16.5. The summed E-state index contributed by atoms with van der Waals surface area (Å²) in [6.07, 6.45) is 2.05. The van der Waals surface area contributed by atoms with Gasteiger partial charge in [0, 0.05) is 56.5 Å². The minimum atomic E-state index is -0.0969. The summed E-state index contributed by atoms with van der Waals surface area (Å²) in [4.78, 5) is 14.9. The molecule has 6 heteroatoms. The first-order valence-electron chi connectivity index (χ1n) is 9.17. The molecule has 1 aromatic carbocycles. The Morgan fingerprint density at radius 2 is 2.00 bits per heavy atom. The molecular weight excluding hydrogens is 320 g/mol. The number of aliphatic hydroxyl groups excluding tert-OH is 1. The number of ether oxygens (including phenoxy) is 2. The molecule has 3 rings (SSSR count). The maximum atomic E-state index is 12.5. The van der Waals surface area contributed by atoms with Gasteiger partial charge >= 0.3 is 0 Å². The maximum absolute atomic E-state index is 12.5. The van der Waals surface area contributed by atoms with Crippen molar-refractivity contribution in [2.45, 2.75) is 31.8 Å². The standard InChI is InChI=1S/C19H28N2O4/c1-2-25-17-5-3-14(4-6-17)19(23)20-18-12-21(11-15(18)13-22)16-7-9-24-10-8-16/h3-6,15-16,18,22H,2,7-13H2,1H3,(H,20,23)/t15-,18+/m0/s1. The van der Waals surface area contributed by atoms with Crippen molar-refractivity contribution in [3.63, 3.8) is 0 Å². The van der Waals surface area contributed by atoms with E-state index < -0.39 is 0 Å². The van der Waals surface area contributed by atoms with Gasteiger partial charge in [-0.3, -0.25) is 9.69 Å². The quantitative estimate of drug-likeness (QED) is 0.811. The molecule has 0 aromatic heterocycles. The molecule has 2 aliphatic rings. The van der Waals surface area contributed by atoms with Gasteiger partial charge in [-0.2, -0.15) is 0 Å². The van der Waals surface area contributed by atoms with Gasteiger partial charge in [0.15, 0.2) is 0 Å². The van der Waals surface area contributed by atoms with E-state index in [1.807, 2.05) is 19.1 Å². The smallest absolute Gasteiger partial charge is 0.251 e. The molecule has 2 saturated heterocycles. The van der Waals surface area contributed by atoms with Crippen LogP contribution in [0, 0.1) is 5.92 Å². The number of hydrogen-bond donors (Lipinski definition) is 2. The Morgan fingerprint density at radius 1 is 1.28 bits per heavy atom. The second kappa shape index (κ2) is 8.65. The van der Waals surface area contributed by atoms with Crippen molar-refractivity contribution >= 4 is 5.91 Å². The number of nitrogens with one attached hydrogen (secondary N) is 1. The molecule has 2 aliphatic heterocycles. The van der Waals surface area contributed by atoms with Crippen molar-refractivity contribution in [2.24, 2.45) is 5.92 Å². The second-order valence-electron chi connectivity index (χ2n) is 6.78. The van der Waals surface area contributed by atoms with Crippen molar-refractivity contribution in [2.75, 3.05) is 39.5 Å². The summed E-state index contributed by atoms with van der Waals surface area (Å²) in [7, 11) is 0. The van der Waals surface area contributed by atoms with Gasteiger partial charge in [0.05, 0.1) is 6.61 Å². The zero-order valence-corrected chi connectivity index (χ0v) is 14.8. The van der Waals surface area contributed by atoms with Gasteiger partial charge in [0.25, 0.3) is 5.91 Å². The molecular formula is C19H28N2O4. The first-order valence-corrected chi connectivity index (χ1v) is 9.17. The van der Waals surface area contributed by atoms with Crippen LogP contribution in [0.1, 0.15) is 30.1 Å². The second-order valence-corrected chi connectivity index (χ2v) is 6.78. The van der Waals surface area contributed by atoms with Gasteiger partial charge in [-0.15, -0.1) is 0 Å². The van der Waals surface area contributed by atoms with E-state index in [-0.39, 0.29) is 24.5 Å². The van der Waals surface area contributed by atoms with E-state index in [9.17, 15) is 9.90 Å². The molecule has 25 heavy (non-hydrogen) atoms. The van der Waals surface area contributed by atoms with Gasteiger partial charge in [-0.25, -0.2) is 0 Å². The average molecular weight is 348 g/mol. The fraction of sp³-hybridized carbons (Fsp3) is 0.632. The summed E-state index contributed by atoms with van der Waals surface area (Å²) < 4.78 is 10.8. The number of amides is 1. The number of carbonyl (C=O) groups excluding carboxylic acids is 1. The molecule has 2 fully saturated rings. The van der Waals surface area contributed by atoms with Crippen LogP contribution in [-0.2, 0) is 4.74 Å². The number of nitrogens with zero attached hydrogens (tertiary/aromatic N) is 1. The third-order valence-electron chi connectivity index (χ3n) is 5.15. The molecule has 6 nitrogen and oxygen atoms in total. The predicted molar refractivity (Wildman–Crippen MR) is 94.9 cm³/mol. The lowest BCUT2D eigenvalue weighted by Crippen LogP contribution is -2.43. The van der Waals surface area contributed by atoms with Crippen LogP contribution in [-0.4, -0.2) is 67.5 Å². The SMILES string of the molecule is CCOc1ccc(C(=O)N[C@@H]2CN(C3CCOCC3)C[C@H]2CO)cc1. The lowest BCUT2D eigenvalue weighted by Gasteiger charge is -2.31. The Hall–Kier alpha value is -1.63. The molecule has 2 heterocycles. The van der Waals surface area contributed by atoms with Crippen molar-refractivity contribution in [1.82, 2.24) is 10.2 Å². The molecule has 2 atom stereocenters. The lowest BCUT2D eigenvalue weighted by molar-refractivity contribution is 0.0398. The Balaban J connectivity index is 1.59. The molecule has 0 unspecified atom stereocenters. The molecule has 0 radical (unpaired) electrons. The van der Waals surface area contributed by atoms with Crippen molar-refractivity contribution in [3.8, 4) is 5.75 Å². The summed E-state index contributed by atoms with van der Waals surface area (Å²) in [6, 6.07) is 7.65.